The van der Waals surface area contributed by atoms with Gasteiger partial charge in [0.2, 0.25) is 5.91 Å². The zero-order valence-corrected chi connectivity index (χ0v) is 10.7. The van der Waals surface area contributed by atoms with E-state index in [-0.39, 0.29) is 5.92 Å². The summed E-state index contributed by atoms with van der Waals surface area (Å²) in [6.45, 7) is 6.12. The van der Waals surface area contributed by atoms with Gasteiger partial charge in [0.15, 0.2) is 0 Å². The Hall–Kier alpha value is -0.830. The molecule has 2 aliphatic carbocycles. The number of amides is 1. The molecule has 1 saturated heterocycles. The summed E-state index contributed by atoms with van der Waals surface area (Å²) in [5, 5.41) is 3.43. The highest BCUT2D eigenvalue weighted by Crippen LogP contribution is 2.44. The maximum Gasteiger partial charge on any atom is 0.226 e. The number of nitrogens with one attached hydrogen (secondary N) is 1. The Morgan fingerprint density at radius 2 is 2.12 bits per heavy atom. The van der Waals surface area contributed by atoms with Crippen molar-refractivity contribution in [3.63, 3.8) is 0 Å². The summed E-state index contributed by atoms with van der Waals surface area (Å²) in [6, 6.07) is 0.783. The fourth-order valence-corrected chi connectivity index (χ4v) is 3.61. The van der Waals surface area contributed by atoms with Gasteiger partial charge in [-0.1, -0.05) is 12.2 Å². The molecule has 0 spiro atoms. The Morgan fingerprint density at radius 3 is 2.76 bits per heavy atom. The van der Waals surface area contributed by atoms with Gasteiger partial charge in [-0.3, -0.25) is 4.79 Å². The molecule has 0 radical (unpaired) electrons. The summed E-state index contributed by atoms with van der Waals surface area (Å²) in [4.78, 5) is 14.7. The van der Waals surface area contributed by atoms with Gasteiger partial charge in [-0.15, -0.1) is 0 Å². The first-order chi connectivity index (χ1) is 8.15. The first kappa shape index (κ1) is 11.3. The van der Waals surface area contributed by atoms with Crippen LogP contribution in [0.3, 0.4) is 0 Å². The van der Waals surface area contributed by atoms with Crippen LogP contribution in [0.2, 0.25) is 0 Å². The number of piperazine rings is 1. The van der Waals surface area contributed by atoms with Gasteiger partial charge in [0, 0.05) is 31.1 Å². The van der Waals surface area contributed by atoms with E-state index >= 15 is 0 Å². The molecule has 94 valence electrons. The van der Waals surface area contributed by atoms with Crippen molar-refractivity contribution in [2.75, 3.05) is 13.1 Å². The van der Waals surface area contributed by atoms with Gasteiger partial charge in [0.1, 0.15) is 0 Å². The van der Waals surface area contributed by atoms with Crippen molar-refractivity contribution in [3.05, 3.63) is 12.2 Å². The molecule has 1 aliphatic heterocycles. The molecule has 17 heavy (non-hydrogen) atoms. The van der Waals surface area contributed by atoms with Crippen LogP contribution in [0.25, 0.3) is 0 Å². The predicted octanol–water partition coefficient (Wildman–Crippen LogP) is 1.41. The molecule has 1 amide bonds. The maximum atomic E-state index is 12.6. The number of hydrogen-bond donors (Lipinski definition) is 1. The second-order valence-electron chi connectivity index (χ2n) is 6.04. The van der Waals surface area contributed by atoms with Crippen molar-refractivity contribution in [2.45, 2.75) is 38.8 Å². The molecule has 1 N–H and O–H groups in total. The lowest BCUT2D eigenvalue weighted by molar-refractivity contribution is -0.139. The molecule has 1 heterocycles. The summed E-state index contributed by atoms with van der Waals surface area (Å²) >= 11 is 0. The Morgan fingerprint density at radius 1 is 1.29 bits per heavy atom. The van der Waals surface area contributed by atoms with Gasteiger partial charge >= 0.3 is 0 Å². The van der Waals surface area contributed by atoms with E-state index in [1.54, 1.807) is 0 Å². The van der Waals surface area contributed by atoms with E-state index in [1.807, 2.05) is 0 Å². The average Bonchev–Trinajstić information content (AvgIpc) is 2.93. The molecule has 3 heteroatoms. The third-order valence-corrected chi connectivity index (χ3v) is 4.64. The summed E-state index contributed by atoms with van der Waals surface area (Å²) in [5.74, 6) is 1.90. The van der Waals surface area contributed by atoms with E-state index < -0.39 is 0 Å². The van der Waals surface area contributed by atoms with E-state index in [0.717, 1.165) is 19.5 Å². The molecule has 5 unspecified atom stereocenters. The number of carbonyl (C=O) groups is 1. The third-order valence-electron chi connectivity index (χ3n) is 4.64. The number of hydrogen-bond acceptors (Lipinski definition) is 2. The number of fused-ring (bicyclic) bond motifs is 2. The van der Waals surface area contributed by atoms with E-state index in [0.29, 0.717) is 29.8 Å². The fraction of sp³-hybridized carbons (Fsp3) is 0.786. The topological polar surface area (TPSA) is 32.3 Å². The number of rotatable bonds is 1. The Kier molecular flexibility index (Phi) is 2.74. The zero-order chi connectivity index (χ0) is 12.0. The Balaban J connectivity index is 1.71. The van der Waals surface area contributed by atoms with Crippen LogP contribution in [0.1, 0.15) is 26.7 Å². The summed E-state index contributed by atoms with van der Waals surface area (Å²) in [6.07, 6.45) is 6.88. The SMILES string of the molecule is CC1CN(C(=O)C2CC3C=CC2C3)C(C)CN1. The Labute approximate surface area is 103 Å². The molecule has 0 aromatic heterocycles. The zero-order valence-electron chi connectivity index (χ0n) is 10.7. The van der Waals surface area contributed by atoms with Crippen molar-refractivity contribution in [3.8, 4) is 0 Å². The minimum atomic E-state index is 0.276. The van der Waals surface area contributed by atoms with E-state index in [4.69, 9.17) is 0 Å². The van der Waals surface area contributed by atoms with E-state index in [1.165, 1.54) is 6.42 Å². The van der Waals surface area contributed by atoms with Crippen LogP contribution in [-0.4, -0.2) is 36.0 Å². The van der Waals surface area contributed by atoms with Crippen LogP contribution in [0.5, 0.6) is 0 Å². The number of allylic oxidation sites excluding steroid dienone is 2. The quantitative estimate of drug-likeness (QED) is 0.696. The van der Waals surface area contributed by atoms with E-state index in [2.05, 4.69) is 36.2 Å². The molecule has 5 atom stereocenters. The fourth-order valence-electron chi connectivity index (χ4n) is 3.61. The minimum Gasteiger partial charge on any atom is -0.337 e. The molecule has 2 fully saturated rings. The van der Waals surface area contributed by atoms with Crippen LogP contribution >= 0.6 is 0 Å². The minimum absolute atomic E-state index is 0.276. The van der Waals surface area contributed by atoms with Crippen molar-refractivity contribution < 1.29 is 4.79 Å². The normalized spacial score (nSPS) is 44.4. The highest BCUT2D eigenvalue weighted by Gasteiger charge is 2.42. The lowest BCUT2D eigenvalue weighted by Crippen LogP contribution is -2.57. The van der Waals surface area contributed by atoms with Crippen LogP contribution < -0.4 is 5.32 Å². The standard InChI is InChI=1S/C14H22N2O/c1-9-8-16(10(2)7-15-9)14(17)13-6-11-3-4-12(13)5-11/h3-4,9-13,15H,5-8H2,1-2H3. The smallest absolute Gasteiger partial charge is 0.226 e. The van der Waals surface area contributed by atoms with Gasteiger partial charge < -0.3 is 10.2 Å². The van der Waals surface area contributed by atoms with Crippen LogP contribution in [0.15, 0.2) is 12.2 Å². The molecule has 1 saturated carbocycles. The van der Waals surface area contributed by atoms with Gasteiger partial charge in [0.05, 0.1) is 0 Å². The van der Waals surface area contributed by atoms with Gasteiger partial charge in [-0.2, -0.15) is 0 Å². The first-order valence-electron chi connectivity index (χ1n) is 6.87. The molecule has 3 aliphatic rings. The second-order valence-corrected chi connectivity index (χ2v) is 6.04. The van der Waals surface area contributed by atoms with Gasteiger partial charge in [-0.05, 0) is 38.5 Å². The molecular weight excluding hydrogens is 212 g/mol. The molecule has 3 rings (SSSR count). The number of carbonyl (C=O) groups excluding carboxylic acids is 1. The molecular formula is C14H22N2O. The van der Waals surface area contributed by atoms with Crippen molar-refractivity contribution in [1.29, 1.82) is 0 Å². The predicted molar refractivity (Wildman–Crippen MR) is 67.5 cm³/mol. The van der Waals surface area contributed by atoms with Crippen molar-refractivity contribution in [1.82, 2.24) is 10.2 Å². The highest BCUT2D eigenvalue weighted by atomic mass is 16.2. The largest absolute Gasteiger partial charge is 0.337 e. The summed E-state index contributed by atoms with van der Waals surface area (Å²) in [5.41, 5.74) is 0. The van der Waals surface area contributed by atoms with Crippen LogP contribution in [0.4, 0.5) is 0 Å². The second kappa shape index (κ2) is 4.13. The van der Waals surface area contributed by atoms with Gasteiger partial charge in [-0.25, -0.2) is 0 Å². The lowest BCUT2D eigenvalue weighted by atomic mass is 9.91. The molecule has 0 aromatic rings. The van der Waals surface area contributed by atoms with E-state index in [9.17, 15) is 4.79 Å². The molecule has 0 aromatic carbocycles. The molecule has 3 nitrogen and oxygen atoms in total. The van der Waals surface area contributed by atoms with Crippen LogP contribution in [-0.2, 0) is 4.79 Å². The average molecular weight is 234 g/mol. The lowest BCUT2D eigenvalue weighted by Gasteiger charge is -2.39. The third kappa shape index (κ3) is 1.90. The van der Waals surface area contributed by atoms with Gasteiger partial charge in [0.25, 0.3) is 0 Å². The Bertz CT molecular complexity index is 352. The van der Waals surface area contributed by atoms with Crippen LogP contribution in [0, 0.1) is 17.8 Å². The molecule has 2 bridgehead atoms. The van der Waals surface area contributed by atoms with Crippen molar-refractivity contribution >= 4 is 5.91 Å². The van der Waals surface area contributed by atoms with Crippen molar-refractivity contribution in [2.24, 2.45) is 17.8 Å². The number of nitrogens with zero attached hydrogens (tertiary/aromatic N) is 1. The summed E-state index contributed by atoms with van der Waals surface area (Å²) in [7, 11) is 0. The first-order valence-corrected chi connectivity index (χ1v) is 6.87. The highest BCUT2D eigenvalue weighted by molar-refractivity contribution is 5.80. The summed E-state index contributed by atoms with van der Waals surface area (Å²) < 4.78 is 0. The maximum absolute atomic E-state index is 12.6. The monoisotopic (exact) mass is 234 g/mol.